The van der Waals surface area contributed by atoms with Gasteiger partial charge in [-0.1, -0.05) is 6.42 Å². The number of hydrogen-bond acceptors (Lipinski definition) is 4. The Hall–Kier alpha value is -0.510. The Bertz CT molecular complexity index is 477. The molecule has 6 nitrogen and oxygen atoms in total. The molecule has 8 heteroatoms. The van der Waals surface area contributed by atoms with Crippen LogP contribution in [0.3, 0.4) is 0 Å². The van der Waals surface area contributed by atoms with Crippen molar-refractivity contribution in [2.75, 3.05) is 25.6 Å². The Morgan fingerprint density at radius 2 is 2.09 bits per heavy atom. The molecule has 1 aliphatic heterocycles. The number of nitrogens with one attached hydrogen (secondary N) is 2. The summed E-state index contributed by atoms with van der Waals surface area (Å²) in [5, 5.41) is 15.4. The van der Waals surface area contributed by atoms with Crippen LogP contribution in [0.25, 0.3) is 0 Å². The molecule has 0 saturated heterocycles. The highest BCUT2D eigenvalue weighted by molar-refractivity contribution is 14.0. The highest BCUT2D eigenvalue weighted by Gasteiger charge is 2.14. The predicted octanol–water partition coefficient (Wildman–Crippen LogP) is 2.43. The fraction of sp³-hybridized carbons (Fsp3) is 0.800. The summed E-state index contributed by atoms with van der Waals surface area (Å²) in [5.74, 6) is 4.21. The molecule has 0 spiro atoms. The molecular formula is C15H29IN6S. The Morgan fingerprint density at radius 1 is 1.22 bits per heavy atom. The van der Waals surface area contributed by atoms with Crippen molar-refractivity contribution in [2.24, 2.45) is 4.99 Å². The number of aliphatic imine (C=N–C) groups is 1. The number of halogens is 1. The maximum Gasteiger partial charge on any atom is 0.191 e. The van der Waals surface area contributed by atoms with Crippen LogP contribution in [0.2, 0.25) is 0 Å². The second kappa shape index (κ2) is 11.9. The molecule has 0 aromatic carbocycles. The van der Waals surface area contributed by atoms with E-state index in [4.69, 9.17) is 0 Å². The van der Waals surface area contributed by atoms with Crippen molar-refractivity contribution in [3.05, 3.63) is 11.6 Å². The lowest BCUT2D eigenvalue weighted by molar-refractivity contribution is 0.596. The highest BCUT2D eigenvalue weighted by Crippen LogP contribution is 2.14. The van der Waals surface area contributed by atoms with Crippen LogP contribution in [-0.2, 0) is 19.5 Å². The number of aryl methyl sites for hydroxylation is 1. The number of thioether (sulfide) groups is 1. The zero-order valence-corrected chi connectivity index (χ0v) is 17.3. The van der Waals surface area contributed by atoms with Gasteiger partial charge in [0.05, 0.1) is 6.54 Å². The quantitative estimate of drug-likeness (QED) is 0.288. The molecule has 0 bridgehead atoms. The van der Waals surface area contributed by atoms with E-state index in [2.05, 4.69) is 36.6 Å². The number of fused-ring (bicyclic) bond motifs is 1. The topological polar surface area (TPSA) is 67.1 Å². The molecule has 0 aliphatic carbocycles. The first-order valence-corrected chi connectivity index (χ1v) is 9.59. The van der Waals surface area contributed by atoms with Crippen LogP contribution in [0.15, 0.2) is 4.99 Å². The first-order valence-electron chi connectivity index (χ1n) is 8.19. The summed E-state index contributed by atoms with van der Waals surface area (Å²) in [7, 11) is 1.81. The van der Waals surface area contributed by atoms with Gasteiger partial charge in [-0.3, -0.25) is 4.99 Å². The van der Waals surface area contributed by atoms with Gasteiger partial charge in [-0.25, -0.2) is 0 Å². The van der Waals surface area contributed by atoms with Crippen LogP contribution in [0.1, 0.15) is 43.8 Å². The molecule has 0 unspecified atom stereocenters. The summed E-state index contributed by atoms with van der Waals surface area (Å²) in [6.45, 7) is 2.68. The van der Waals surface area contributed by atoms with E-state index in [9.17, 15) is 0 Å². The van der Waals surface area contributed by atoms with Crippen LogP contribution in [0.5, 0.6) is 0 Å². The first kappa shape index (κ1) is 20.5. The van der Waals surface area contributed by atoms with Crippen molar-refractivity contribution in [2.45, 2.75) is 51.6 Å². The maximum atomic E-state index is 4.33. The van der Waals surface area contributed by atoms with Crippen molar-refractivity contribution in [1.82, 2.24) is 25.4 Å². The first-order chi connectivity index (χ1) is 10.8. The molecule has 2 heterocycles. The zero-order valence-electron chi connectivity index (χ0n) is 14.2. The van der Waals surface area contributed by atoms with Gasteiger partial charge in [-0.15, -0.1) is 34.2 Å². The number of guanidine groups is 1. The molecule has 0 amide bonds. The monoisotopic (exact) mass is 452 g/mol. The van der Waals surface area contributed by atoms with E-state index in [1.165, 1.54) is 37.9 Å². The molecule has 1 aliphatic rings. The van der Waals surface area contributed by atoms with Gasteiger partial charge in [0.2, 0.25) is 0 Å². The summed E-state index contributed by atoms with van der Waals surface area (Å²) < 4.78 is 2.27. The van der Waals surface area contributed by atoms with Gasteiger partial charge in [-0.2, -0.15) is 11.8 Å². The molecule has 2 rings (SSSR count). The summed E-state index contributed by atoms with van der Waals surface area (Å²) >= 11 is 1.90. The average molecular weight is 452 g/mol. The standard InChI is InChI=1S/C15H28N6S.HI/c1-16-15(17-9-5-7-11-22-2)18-12-14-20-19-13-8-4-3-6-10-21(13)14;/h3-12H2,1-2H3,(H2,16,17,18);1H. The van der Waals surface area contributed by atoms with Gasteiger partial charge >= 0.3 is 0 Å². The lowest BCUT2D eigenvalue weighted by atomic mass is 10.2. The van der Waals surface area contributed by atoms with Crippen molar-refractivity contribution >= 4 is 41.7 Å². The van der Waals surface area contributed by atoms with E-state index < -0.39 is 0 Å². The third-order valence-corrected chi connectivity index (χ3v) is 4.59. The second-order valence-electron chi connectivity index (χ2n) is 5.55. The predicted molar refractivity (Wildman–Crippen MR) is 109 cm³/mol. The van der Waals surface area contributed by atoms with Gasteiger partial charge in [0, 0.05) is 26.6 Å². The number of hydrogen-bond donors (Lipinski definition) is 2. The molecule has 132 valence electrons. The van der Waals surface area contributed by atoms with Gasteiger partial charge in [0.15, 0.2) is 11.8 Å². The number of unbranched alkanes of at least 4 members (excludes halogenated alkanes) is 1. The molecule has 23 heavy (non-hydrogen) atoms. The zero-order chi connectivity index (χ0) is 15.6. The molecule has 0 fully saturated rings. The summed E-state index contributed by atoms with van der Waals surface area (Å²) in [6.07, 6.45) is 9.34. The molecule has 1 aromatic rings. The van der Waals surface area contributed by atoms with Crippen LogP contribution >= 0.6 is 35.7 Å². The fourth-order valence-corrected chi connectivity index (χ4v) is 3.13. The summed E-state index contributed by atoms with van der Waals surface area (Å²) in [6, 6.07) is 0. The minimum atomic E-state index is 0. The summed E-state index contributed by atoms with van der Waals surface area (Å²) in [4.78, 5) is 4.27. The largest absolute Gasteiger partial charge is 0.356 e. The molecular weight excluding hydrogens is 423 g/mol. The van der Waals surface area contributed by atoms with Crippen molar-refractivity contribution in [1.29, 1.82) is 0 Å². The number of nitrogens with zero attached hydrogens (tertiary/aromatic N) is 4. The second-order valence-corrected chi connectivity index (χ2v) is 6.53. The third kappa shape index (κ3) is 6.86. The Morgan fingerprint density at radius 3 is 2.87 bits per heavy atom. The Labute approximate surface area is 160 Å². The maximum absolute atomic E-state index is 4.33. The molecule has 0 radical (unpaired) electrons. The third-order valence-electron chi connectivity index (χ3n) is 3.89. The van der Waals surface area contributed by atoms with E-state index in [1.807, 2.05) is 18.8 Å². The van der Waals surface area contributed by atoms with E-state index in [-0.39, 0.29) is 24.0 Å². The SMILES string of the molecule is CN=C(NCCCCSC)NCc1nnc2n1CCCCC2.I. The van der Waals surface area contributed by atoms with E-state index >= 15 is 0 Å². The minimum Gasteiger partial charge on any atom is -0.356 e. The van der Waals surface area contributed by atoms with Crippen molar-refractivity contribution in [3.63, 3.8) is 0 Å². The van der Waals surface area contributed by atoms with Gasteiger partial charge in [0.1, 0.15) is 5.82 Å². The van der Waals surface area contributed by atoms with Crippen LogP contribution < -0.4 is 10.6 Å². The molecule has 1 aromatic heterocycles. The van der Waals surface area contributed by atoms with Gasteiger partial charge in [-0.05, 0) is 37.7 Å². The van der Waals surface area contributed by atoms with Gasteiger partial charge < -0.3 is 15.2 Å². The van der Waals surface area contributed by atoms with E-state index in [1.54, 1.807) is 0 Å². The van der Waals surface area contributed by atoms with Crippen LogP contribution in [-0.4, -0.2) is 46.3 Å². The van der Waals surface area contributed by atoms with Gasteiger partial charge in [0.25, 0.3) is 0 Å². The van der Waals surface area contributed by atoms with Crippen molar-refractivity contribution < 1.29 is 0 Å². The average Bonchev–Trinajstić information content (AvgIpc) is 2.77. The van der Waals surface area contributed by atoms with Crippen molar-refractivity contribution in [3.8, 4) is 0 Å². The normalized spacial score (nSPS) is 14.6. The lowest BCUT2D eigenvalue weighted by Crippen LogP contribution is -2.38. The fourth-order valence-electron chi connectivity index (χ4n) is 2.64. The Kier molecular flexibility index (Phi) is 10.7. The molecule has 0 saturated carbocycles. The summed E-state index contributed by atoms with van der Waals surface area (Å²) in [5.41, 5.74) is 0. The minimum absolute atomic E-state index is 0. The molecule has 0 atom stereocenters. The lowest BCUT2D eigenvalue weighted by Gasteiger charge is -2.12. The van der Waals surface area contributed by atoms with E-state index in [0.29, 0.717) is 6.54 Å². The van der Waals surface area contributed by atoms with Crippen LogP contribution in [0, 0.1) is 0 Å². The molecule has 2 N–H and O–H groups in total. The Balaban J connectivity index is 0.00000264. The van der Waals surface area contributed by atoms with Crippen LogP contribution in [0.4, 0.5) is 0 Å². The smallest absolute Gasteiger partial charge is 0.191 e. The number of aromatic nitrogens is 3. The van der Waals surface area contributed by atoms with E-state index in [0.717, 1.165) is 37.1 Å². The number of rotatable bonds is 7. The highest BCUT2D eigenvalue weighted by atomic mass is 127.